The number of hydrogen-bond acceptors (Lipinski definition) is 9. The van der Waals surface area contributed by atoms with Gasteiger partial charge in [-0.3, -0.25) is 4.90 Å². The van der Waals surface area contributed by atoms with Crippen molar-refractivity contribution < 1.29 is 23.4 Å². The Labute approximate surface area is 250 Å². The van der Waals surface area contributed by atoms with Crippen LogP contribution in [0, 0.1) is 18.7 Å². The molecule has 2 unspecified atom stereocenters. The van der Waals surface area contributed by atoms with E-state index in [1.165, 1.54) is 0 Å². The molecular weight excluding hydrogens is 551 g/mol. The van der Waals surface area contributed by atoms with Gasteiger partial charge < -0.3 is 25.3 Å². The van der Waals surface area contributed by atoms with Crippen molar-refractivity contribution in [3.8, 4) is 17.0 Å². The number of pyridine rings is 2. The number of nitrogens with zero attached hydrogens (tertiary/aromatic N) is 4. The van der Waals surface area contributed by atoms with E-state index >= 15 is 4.39 Å². The minimum absolute atomic E-state index is 0.00498. The molecule has 43 heavy (non-hydrogen) atoms. The van der Waals surface area contributed by atoms with E-state index in [1.54, 1.807) is 24.7 Å². The summed E-state index contributed by atoms with van der Waals surface area (Å²) in [6, 6.07) is 4.04. The zero-order chi connectivity index (χ0) is 29.7. The number of nitrogens with one attached hydrogen (secondary N) is 1. The van der Waals surface area contributed by atoms with Gasteiger partial charge >= 0.3 is 6.09 Å². The summed E-state index contributed by atoms with van der Waals surface area (Å²) in [6.07, 6.45) is 8.26. The quantitative estimate of drug-likeness (QED) is 0.321. The molecule has 4 aliphatic rings. The van der Waals surface area contributed by atoms with Crippen LogP contribution in [0.25, 0.3) is 21.9 Å². The first-order valence-corrected chi connectivity index (χ1v) is 15.2. The van der Waals surface area contributed by atoms with Crippen LogP contribution in [0.1, 0.15) is 31.2 Å². The minimum Gasteiger partial charge on any atom is -0.474 e. The fraction of sp³-hybridized carbons (Fsp3) is 0.469. The molecule has 3 N–H and O–H groups in total. The first-order chi connectivity index (χ1) is 20.9. The number of amides is 1. The van der Waals surface area contributed by atoms with Crippen LogP contribution < -0.4 is 20.3 Å². The molecule has 226 valence electrons. The molecule has 0 radical (unpaired) electrons. The molecule has 3 aromatic rings. The van der Waals surface area contributed by atoms with Gasteiger partial charge in [-0.2, -0.15) is 4.79 Å². The number of fused-ring (bicyclic) bond motifs is 3. The largest absolute Gasteiger partial charge is 0.527 e. The Morgan fingerprint density at radius 3 is 2.91 bits per heavy atom. The molecule has 0 aliphatic carbocycles. The van der Waals surface area contributed by atoms with Gasteiger partial charge in [0.1, 0.15) is 31.1 Å². The number of carbonyl (C=O) groups is 1. The lowest BCUT2D eigenvalue weighted by Gasteiger charge is -2.46. The van der Waals surface area contributed by atoms with E-state index < -0.39 is 11.9 Å². The Balaban J connectivity index is 1.24. The molecule has 0 saturated carbocycles. The van der Waals surface area contributed by atoms with Crippen molar-refractivity contribution in [2.75, 3.05) is 57.1 Å². The predicted octanol–water partition coefficient (Wildman–Crippen LogP) is 4.99. The van der Waals surface area contributed by atoms with Crippen molar-refractivity contribution in [1.29, 1.82) is 0 Å². The van der Waals surface area contributed by atoms with Gasteiger partial charge in [-0.25, -0.2) is 14.4 Å². The third kappa shape index (κ3) is 4.70. The zero-order valence-electron chi connectivity index (χ0n) is 24.5. The third-order valence-electron chi connectivity index (χ3n) is 9.68. The number of hydrogen-bond donors (Lipinski definition) is 2. The van der Waals surface area contributed by atoms with Gasteiger partial charge in [-0.1, -0.05) is 0 Å². The standard InChI is InChI=1S/C32H38FN6O4/c1-3-39(18-21-17-38(9-6-26(21)43-32(39)40)22-5-4-10-41-11-7-22)27-14-20-13-23(28(33)29(34)25(20)16-36-27)24-15-37-31-30(19(24)2)35-8-12-42-31/h3,13-16,21-22,26,35H,1,4-12,17-18,34H2,2H3/q+1/t21-,22?,26-,39?/m0/s1. The number of aromatic nitrogens is 2. The second-order valence-electron chi connectivity index (χ2n) is 12.1. The smallest absolute Gasteiger partial charge is 0.474 e. The number of nitrogens with two attached hydrogens (primary N) is 1. The van der Waals surface area contributed by atoms with Crippen molar-refractivity contribution >= 4 is 34.1 Å². The summed E-state index contributed by atoms with van der Waals surface area (Å²) >= 11 is 0. The van der Waals surface area contributed by atoms with Crippen LogP contribution in [0.2, 0.25) is 0 Å². The molecule has 2 aromatic heterocycles. The molecule has 10 nitrogen and oxygen atoms in total. The summed E-state index contributed by atoms with van der Waals surface area (Å²) in [6.45, 7) is 11.0. The number of halogens is 1. The molecule has 3 fully saturated rings. The van der Waals surface area contributed by atoms with Crippen LogP contribution in [0.15, 0.2) is 37.3 Å². The second-order valence-corrected chi connectivity index (χ2v) is 12.1. The molecule has 4 aliphatic heterocycles. The summed E-state index contributed by atoms with van der Waals surface area (Å²) in [5.74, 6) is 0.556. The van der Waals surface area contributed by atoms with Gasteiger partial charge in [0.25, 0.3) is 0 Å². The maximum Gasteiger partial charge on any atom is 0.527 e. The monoisotopic (exact) mass is 589 g/mol. The predicted molar refractivity (Wildman–Crippen MR) is 163 cm³/mol. The lowest BCUT2D eigenvalue weighted by atomic mass is 9.89. The molecule has 3 saturated heterocycles. The summed E-state index contributed by atoms with van der Waals surface area (Å²) < 4.78 is 32.9. The Bertz CT molecular complexity index is 1590. The van der Waals surface area contributed by atoms with E-state index in [0.717, 1.165) is 63.2 Å². The Kier molecular flexibility index (Phi) is 7.19. The summed E-state index contributed by atoms with van der Waals surface area (Å²) in [7, 11) is 0. The SMILES string of the molecule is C=C[N+]1(c2cc3cc(-c4cnc5c(c4C)NCCO5)c(F)c(N)c3cn2)C[C@@H]2CN(C3CCCOCC3)CC[C@@H]2OC1=O. The van der Waals surface area contributed by atoms with Crippen LogP contribution in [0.3, 0.4) is 0 Å². The highest BCUT2D eigenvalue weighted by Gasteiger charge is 2.52. The summed E-state index contributed by atoms with van der Waals surface area (Å²) in [5, 5.41) is 4.44. The fourth-order valence-electron chi connectivity index (χ4n) is 7.24. The summed E-state index contributed by atoms with van der Waals surface area (Å²) in [4.78, 5) is 25.3. The van der Waals surface area contributed by atoms with Crippen LogP contribution in [0.5, 0.6) is 5.88 Å². The third-order valence-corrected chi connectivity index (χ3v) is 9.68. The van der Waals surface area contributed by atoms with Crippen molar-refractivity contribution in [2.24, 2.45) is 5.92 Å². The molecule has 0 bridgehead atoms. The molecule has 1 amide bonds. The second kappa shape index (κ2) is 11.0. The highest BCUT2D eigenvalue weighted by molar-refractivity contribution is 5.99. The zero-order valence-corrected chi connectivity index (χ0v) is 24.5. The van der Waals surface area contributed by atoms with Gasteiger partial charge in [-0.15, -0.1) is 4.48 Å². The van der Waals surface area contributed by atoms with E-state index in [9.17, 15) is 4.79 Å². The number of quaternary nitrogens is 1. The van der Waals surface area contributed by atoms with Crippen molar-refractivity contribution in [3.63, 3.8) is 0 Å². The van der Waals surface area contributed by atoms with Gasteiger partial charge in [0, 0.05) is 73.9 Å². The first-order valence-electron chi connectivity index (χ1n) is 15.2. The van der Waals surface area contributed by atoms with E-state index in [-0.39, 0.29) is 22.2 Å². The van der Waals surface area contributed by atoms with Crippen molar-refractivity contribution in [3.05, 3.63) is 48.7 Å². The molecule has 4 atom stereocenters. The van der Waals surface area contributed by atoms with E-state index in [0.29, 0.717) is 59.3 Å². The van der Waals surface area contributed by atoms with E-state index in [4.69, 9.17) is 19.9 Å². The highest BCUT2D eigenvalue weighted by atomic mass is 19.1. The van der Waals surface area contributed by atoms with Crippen LogP contribution in [0.4, 0.5) is 26.4 Å². The number of benzene rings is 1. The number of rotatable bonds is 4. The molecule has 7 rings (SSSR count). The van der Waals surface area contributed by atoms with Gasteiger partial charge in [0.2, 0.25) is 11.7 Å². The van der Waals surface area contributed by atoms with Crippen LogP contribution in [-0.4, -0.2) is 79.1 Å². The van der Waals surface area contributed by atoms with Crippen molar-refractivity contribution in [2.45, 2.75) is 44.8 Å². The number of ether oxygens (including phenoxy) is 3. The van der Waals surface area contributed by atoms with Gasteiger partial charge in [0.15, 0.2) is 5.82 Å². The number of anilines is 2. The maximum absolute atomic E-state index is 15.8. The van der Waals surface area contributed by atoms with Crippen LogP contribution in [-0.2, 0) is 9.47 Å². The normalized spacial score (nSPS) is 27.7. The average molecular weight is 590 g/mol. The topological polar surface area (TPSA) is 112 Å². The first kappa shape index (κ1) is 28.0. The molecule has 11 heteroatoms. The minimum atomic E-state index is -0.539. The maximum atomic E-state index is 15.8. The number of piperidine rings is 1. The Hall–Kier alpha value is -3.80. The van der Waals surface area contributed by atoms with Gasteiger partial charge in [0.05, 0.1) is 11.6 Å². The van der Waals surface area contributed by atoms with Crippen molar-refractivity contribution in [1.82, 2.24) is 19.4 Å². The molecule has 1 aromatic carbocycles. The molecule has 0 spiro atoms. The molecular formula is C32H38FN6O4+. The number of carbonyl (C=O) groups excluding carboxylic acids is 1. The number of likely N-dealkylation sites (tertiary alicyclic amines) is 1. The Morgan fingerprint density at radius 2 is 2.05 bits per heavy atom. The lowest BCUT2D eigenvalue weighted by molar-refractivity contribution is -0.0476. The lowest BCUT2D eigenvalue weighted by Crippen LogP contribution is -2.64. The van der Waals surface area contributed by atoms with Gasteiger partial charge in [-0.05, 0) is 56.2 Å². The Morgan fingerprint density at radius 1 is 1.16 bits per heavy atom. The van der Waals surface area contributed by atoms with E-state index in [1.807, 2.05) is 13.0 Å². The van der Waals surface area contributed by atoms with E-state index in [2.05, 4.69) is 26.8 Å². The average Bonchev–Trinajstić information content (AvgIpc) is 3.32. The number of nitrogen functional groups attached to an aromatic ring is 1. The fourth-order valence-corrected chi connectivity index (χ4v) is 7.24. The van der Waals surface area contributed by atoms with Crippen LogP contribution >= 0.6 is 0 Å². The molecule has 6 heterocycles. The summed E-state index contributed by atoms with van der Waals surface area (Å²) in [5.41, 5.74) is 8.84. The highest BCUT2D eigenvalue weighted by Crippen LogP contribution is 2.42.